The van der Waals surface area contributed by atoms with Gasteiger partial charge in [-0.1, -0.05) is 36.9 Å². The van der Waals surface area contributed by atoms with Crippen LogP contribution in [0.3, 0.4) is 0 Å². The lowest BCUT2D eigenvalue weighted by Crippen LogP contribution is -2.16. The second kappa shape index (κ2) is 7.20. The first kappa shape index (κ1) is 16.4. The van der Waals surface area contributed by atoms with Crippen LogP contribution in [0.25, 0.3) is 0 Å². The molecule has 1 rings (SSSR count). The fourth-order valence-electron chi connectivity index (χ4n) is 1.43. The summed E-state index contributed by atoms with van der Waals surface area (Å²) in [6, 6.07) is 4.78. The van der Waals surface area contributed by atoms with Crippen LogP contribution in [0.15, 0.2) is 28.5 Å². The van der Waals surface area contributed by atoms with E-state index in [1.165, 1.54) is 6.07 Å². The summed E-state index contributed by atoms with van der Waals surface area (Å²) >= 11 is 0. The molecule has 0 fully saturated rings. The van der Waals surface area contributed by atoms with Gasteiger partial charge in [-0.2, -0.15) is 0 Å². The average Bonchev–Trinajstić information content (AvgIpc) is 2.37. The summed E-state index contributed by atoms with van der Waals surface area (Å²) in [5, 5.41) is 10.1. The molecule has 1 aromatic carbocycles. The zero-order valence-corrected chi connectivity index (χ0v) is 13.9. The standard InChI is InChI=1S/C15H22FN3Si/c1-6-19(7-2)18-17-15-10-8-9-14(16)13(15)11-12-20(3,4)5/h8-10H,6-7H2,1-5H3/b18-17+. The maximum absolute atomic E-state index is 13.9. The van der Waals surface area contributed by atoms with Gasteiger partial charge in [-0.15, -0.1) is 10.7 Å². The highest BCUT2D eigenvalue weighted by atomic mass is 28.3. The van der Waals surface area contributed by atoms with Crippen LogP contribution in [0.4, 0.5) is 10.1 Å². The van der Waals surface area contributed by atoms with Crippen molar-refractivity contribution >= 4 is 13.8 Å². The summed E-state index contributed by atoms with van der Waals surface area (Å²) in [4.78, 5) is 0. The molecule has 0 heterocycles. The quantitative estimate of drug-likeness (QED) is 0.350. The van der Waals surface area contributed by atoms with Crippen LogP contribution < -0.4 is 0 Å². The van der Waals surface area contributed by atoms with Crippen LogP contribution in [0, 0.1) is 17.3 Å². The summed E-state index contributed by atoms with van der Waals surface area (Å²) in [5.74, 6) is 2.60. The summed E-state index contributed by atoms with van der Waals surface area (Å²) in [6.45, 7) is 11.9. The molecule has 0 atom stereocenters. The molecule has 0 aliphatic carbocycles. The van der Waals surface area contributed by atoms with Crippen molar-refractivity contribution in [1.29, 1.82) is 0 Å². The molecule has 0 unspecified atom stereocenters. The fourth-order valence-corrected chi connectivity index (χ4v) is 1.93. The van der Waals surface area contributed by atoms with E-state index < -0.39 is 8.07 Å². The van der Waals surface area contributed by atoms with E-state index in [1.54, 1.807) is 17.1 Å². The molecule has 108 valence electrons. The van der Waals surface area contributed by atoms with E-state index >= 15 is 0 Å². The van der Waals surface area contributed by atoms with Gasteiger partial charge in [0.15, 0.2) is 0 Å². The van der Waals surface area contributed by atoms with E-state index in [9.17, 15) is 4.39 Å². The Bertz CT molecular complexity index is 534. The zero-order chi connectivity index (χ0) is 15.2. The molecule has 1 aromatic rings. The summed E-state index contributed by atoms with van der Waals surface area (Å²) in [5.41, 5.74) is 4.00. The summed E-state index contributed by atoms with van der Waals surface area (Å²) < 4.78 is 13.9. The molecule has 0 aliphatic rings. The Morgan fingerprint density at radius 3 is 2.40 bits per heavy atom. The molecule has 5 heteroatoms. The lowest BCUT2D eigenvalue weighted by Gasteiger charge is -2.11. The Kier molecular flexibility index (Phi) is 5.90. The Balaban J connectivity index is 3.14. The molecular formula is C15H22FN3Si. The van der Waals surface area contributed by atoms with E-state index in [2.05, 4.69) is 41.4 Å². The monoisotopic (exact) mass is 291 g/mol. The third-order valence-corrected chi connectivity index (χ3v) is 3.44. The van der Waals surface area contributed by atoms with Crippen LogP contribution in [0.5, 0.6) is 0 Å². The smallest absolute Gasteiger partial charge is 0.141 e. The van der Waals surface area contributed by atoms with Gasteiger partial charge in [0.1, 0.15) is 19.6 Å². The number of rotatable bonds is 4. The number of hydrogen-bond acceptors (Lipinski definition) is 2. The maximum Gasteiger partial charge on any atom is 0.141 e. The summed E-state index contributed by atoms with van der Waals surface area (Å²) in [6.07, 6.45) is 0. The van der Waals surface area contributed by atoms with Crippen molar-refractivity contribution in [2.75, 3.05) is 13.1 Å². The van der Waals surface area contributed by atoms with Crippen molar-refractivity contribution in [3.05, 3.63) is 29.6 Å². The first-order chi connectivity index (χ1) is 9.37. The molecule has 0 aliphatic heterocycles. The normalized spacial score (nSPS) is 11.3. The van der Waals surface area contributed by atoms with Gasteiger partial charge in [-0.3, -0.25) is 5.01 Å². The number of halogens is 1. The molecule has 0 spiro atoms. The highest BCUT2D eigenvalue weighted by Crippen LogP contribution is 2.22. The van der Waals surface area contributed by atoms with Crippen molar-refractivity contribution in [3.8, 4) is 11.5 Å². The Hall–Kier alpha value is -1.67. The minimum absolute atomic E-state index is 0.339. The first-order valence-corrected chi connectivity index (χ1v) is 10.4. The predicted octanol–water partition coefficient (Wildman–Crippen LogP) is 4.40. The number of nitrogens with zero attached hydrogens (tertiary/aromatic N) is 3. The average molecular weight is 291 g/mol. The molecule has 0 saturated heterocycles. The topological polar surface area (TPSA) is 28.0 Å². The van der Waals surface area contributed by atoms with Crippen molar-refractivity contribution in [3.63, 3.8) is 0 Å². The van der Waals surface area contributed by atoms with E-state index in [1.807, 2.05) is 13.8 Å². The molecule has 0 N–H and O–H groups in total. The minimum atomic E-state index is -1.55. The largest absolute Gasteiger partial charge is 0.279 e. The highest BCUT2D eigenvalue weighted by molar-refractivity contribution is 6.83. The second-order valence-electron chi connectivity index (χ2n) is 5.46. The van der Waals surface area contributed by atoms with Crippen LogP contribution in [0.1, 0.15) is 19.4 Å². The van der Waals surface area contributed by atoms with Crippen molar-refractivity contribution < 1.29 is 4.39 Å². The van der Waals surface area contributed by atoms with Gasteiger partial charge in [0.05, 0.1) is 5.56 Å². The van der Waals surface area contributed by atoms with E-state index in [-0.39, 0.29) is 5.82 Å². The lowest BCUT2D eigenvalue weighted by atomic mass is 10.2. The molecule has 0 bridgehead atoms. The number of benzene rings is 1. The van der Waals surface area contributed by atoms with Gasteiger partial charge in [0.25, 0.3) is 0 Å². The van der Waals surface area contributed by atoms with Crippen molar-refractivity contribution in [2.45, 2.75) is 33.5 Å². The zero-order valence-electron chi connectivity index (χ0n) is 12.9. The van der Waals surface area contributed by atoms with Crippen molar-refractivity contribution in [2.24, 2.45) is 10.3 Å². The van der Waals surface area contributed by atoms with Crippen molar-refractivity contribution in [1.82, 2.24) is 5.01 Å². The third kappa shape index (κ3) is 5.14. The van der Waals surface area contributed by atoms with E-state index in [0.717, 1.165) is 13.1 Å². The third-order valence-electron chi connectivity index (χ3n) is 2.56. The van der Waals surface area contributed by atoms with Crippen LogP contribution in [-0.2, 0) is 0 Å². The minimum Gasteiger partial charge on any atom is -0.279 e. The Labute approximate surface area is 121 Å². The molecule has 3 nitrogen and oxygen atoms in total. The second-order valence-corrected chi connectivity index (χ2v) is 10.2. The number of hydrogen-bond donors (Lipinski definition) is 0. The van der Waals surface area contributed by atoms with Gasteiger partial charge < -0.3 is 0 Å². The van der Waals surface area contributed by atoms with Gasteiger partial charge in [0.2, 0.25) is 0 Å². The predicted molar refractivity (Wildman–Crippen MR) is 84.1 cm³/mol. The first-order valence-electron chi connectivity index (χ1n) is 6.85. The summed E-state index contributed by atoms with van der Waals surface area (Å²) in [7, 11) is -1.55. The Morgan fingerprint density at radius 1 is 1.20 bits per heavy atom. The van der Waals surface area contributed by atoms with Gasteiger partial charge in [0, 0.05) is 13.1 Å². The van der Waals surface area contributed by atoms with Gasteiger partial charge in [-0.05, 0) is 26.0 Å². The van der Waals surface area contributed by atoms with Crippen LogP contribution >= 0.6 is 0 Å². The molecule has 0 saturated carbocycles. The molecule has 20 heavy (non-hydrogen) atoms. The molecular weight excluding hydrogens is 269 g/mol. The lowest BCUT2D eigenvalue weighted by molar-refractivity contribution is 0.300. The van der Waals surface area contributed by atoms with E-state index in [0.29, 0.717) is 11.3 Å². The van der Waals surface area contributed by atoms with E-state index in [4.69, 9.17) is 0 Å². The maximum atomic E-state index is 13.9. The van der Waals surface area contributed by atoms with Crippen LogP contribution in [0.2, 0.25) is 19.6 Å². The SMILES string of the molecule is CCN(CC)/N=N/c1cccc(F)c1C#C[Si](C)(C)C. The Morgan fingerprint density at radius 2 is 1.85 bits per heavy atom. The van der Waals surface area contributed by atoms with Crippen LogP contribution in [-0.4, -0.2) is 26.2 Å². The van der Waals surface area contributed by atoms with Gasteiger partial charge >= 0.3 is 0 Å². The molecule has 0 radical (unpaired) electrons. The highest BCUT2D eigenvalue weighted by Gasteiger charge is 2.10. The molecule has 0 amide bonds. The molecule has 0 aromatic heterocycles. The fraction of sp³-hybridized carbons (Fsp3) is 0.467. The van der Waals surface area contributed by atoms with Gasteiger partial charge in [-0.25, -0.2) is 4.39 Å².